The summed E-state index contributed by atoms with van der Waals surface area (Å²) in [5.74, 6) is 1.31. The van der Waals surface area contributed by atoms with Gasteiger partial charge >= 0.3 is 0 Å². The number of nitrogens with one attached hydrogen (secondary N) is 1. The Labute approximate surface area is 111 Å². The highest BCUT2D eigenvalue weighted by Crippen LogP contribution is 2.39. The summed E-state index contributed by atoms with van der Waals surface area (Å²) >= 11 is 0. The Morgan fingerprint density at radius 3 is 3.05 bits per heavy atom. The van der Waals surface area contributed by atoms with Gasteiger partial charge in [-0.25, -0.2) is 0 Å². The highest BCUT2D eigenvalue weighted by molar-refractivity contribution is 5.92. The summed E-state index contributed by atoms with van der Waals surface area (Å²) in [6.07, 6.45) is 4.01. The van der Waals surface area contributed by atoms with Gasteiger partial charge in [0.15, 0.2) is 0 Å². The predicted octanol–water partition coefficient (Wildman–Crippen LogP) is 2.54. The Hall–Kier alpha value is -2.04. The summed E-state index contributed by atoms with van der Waals surface area (Å²) in [7, 11) is 0. The van der Waals surface area contributed by atoms with E-state index in [9.17, 15) is 4.79 Å². The van der Waals surface area contributed by atoms with E-state index in [2.05, 4.69) is 10.2 Å². The van der Waals surface area contributed by atoms with Crippen LogP contribution in [0.25, 0.3) is 0 Å². The molecule has 2 heterocycles. The fraction of sp³-hybridized carbons (Fsp3) is 0.429. The van der Waals surface area contributed by atoms with Crippen molar-refractivity contribution in [1.29, 1.82) is 0 Å². The lowest BCUT2D eigenvalue weighted by molar-refractivity contribution is 0.0735. The molecule has 0 aliphatic heterocycles. The number of H-pyrrole nitrogens is 1. The lowest BCUT2D eigenvalue weighted by atomic mass is 10.2. The van der Waals surface area contributed by atoms with Gasteiger partial charge in [0.05, 0.1) is 12.8 Å². The molecule has 0 atom stereocenters. The van der Waals surface area contributed by atoms with Crippen molar-refractivity contribution in [2.75, 3.05) is 6.54 Å². The van der Waals surface area contributed by atoms with Crippen molar-refractivity contribution in [2.24, 2.45) is 0 Å². The first kappa shape index (κ1) is 12.0. The highest BCUT2D eigenvalue weighted by atomic mass is 16.3. The SMILES string of the molecule is CCN(Cc1ccco1)C(=O)c1cc(C2CC2)[nH]n1. The summed E-state index contributed by atoms with van der Waals surface area (Å²) < 4.78 is 5.28. The van der Waals surface area contributed by atoms with E-state index in [1.807, 2.05) is 25.1 Å². The van der Waals surface area contributed by atoms with Crippen LogP contribution in [-0.2, 0) is 6.54 Å². The van der Waals surface area contributed by atoms with Crippen LogP contribution in [0, 0.1) is 0 Å². The number of furan rings is 1. The van der Waals surface area contributed by atoms with Crippen LogP contribution in [0.4, 0.5) is 0 Å². The molecule has 1 aliphatic carbocycles. The molecule has 0 spiro atoms. The summed E-state index contributed by atoms with van der Waals surface area (Å²) in [6, 6.07) is 5.58. The van der Waals surface area contributed by atoms with E-state index in [0.717, 1.165) is 11.5 Å². The van der Waals surface area contributed by atoms with Crippen molar-refractivity contribution >= 4 is 5.91 Å². The maximum Gasteiger partial charge on any atom is 0.274 e. The third-order valence-corrected chi connectivity index (χ3v) is 3.43. The summed E-state index contributed by atoms with van der Waals surface area (Å²) in [5, 5.41) is 7.09. The number of aromatic nitrogens is 2. The first-order valence-corrected chi connectivity index (χ1v) is 6.65. The van der Waals surface area contributed by atoms with Gasteiger partial charge in [-0.3, -0.25) is 9.89 Å². The van der Waals surface area contributed by atoms with Crippen LogP contribution >= 0.6 is 0 Å². The Morgan fingerprint density at radius 1 is 1.58 bits per heavy atom. The minimum Gasteiger partial charge on any atom is -0.467 e. The van der Waals surface area contributed by atoms with Gasteiger partial charge in [-0.05, 0) is 38.0 Å². The number of rotatable bonds is 5. The van der Waals surface area contributed by atoms with Crippen LogP contribution in [0.3, 0.4) is 0 Å². The van der Waals surface area contributed by atoms with Crippen LogP contribution in [-0.4, -0.2) is 27.5 Å². The van der Waals surface area contributed by atoms with Crippen molar-refractivity contribution < 1.29 is 9.21 Å². The molecule has 3 rings (SSSR count). The first-order chi connectivity index (χ1) is 9.28. The maximum absolute atomic E-state index is 12.4. The van der Waals surface area contributed by atoms with E-state index in [1.54, 1.807) is 11.2 Å². The smallest absolute Gasteiger partial charge is 0.274 e. The van der Waals surface area contributed by atoms with E-state index in [4.69, 9.17) is 4.42 Å². The van der Waals surface area contributed by atoms with E-state index >= 15 is 0 Å². The van der Waals surface area contributed by atoms with Gasteiger partial charge in [-0.2, -0.15) is 5.10 Å². The fourth-order valence-electron chi connectivity index (χ4n) is 2.13. The van der Waals surface area contributed by atoms with Crippen molar-refractivity contribution in [2.45, 2.75) is 32.2 Å². The Morgan fingerprint density at radius 2 is 2.42 bits per heavy atom. The van der Waals surface area contributed by atoms with Gasteiger partial charge in [0.25, 0.3) is 5.91 Å². The molecule has 19 heavy (non-hydrogen) atoms. The number of carbonyl (C=O) groups is 1. The van der Waals surface area contributed by atoms with Crippen molar-refractivity contribution in [3.63, 3.8) is 0 Å². The maximum atomic E-state index is 12.4. The van der Waals surface area contributed by atoms with Crippen LogP contribution < -0.4 is 0 Å². The molecule has 1 saturated carbocycles. The zero-order valence-electron chi connectivity index (χ0n) is 10.9. The number of aromatic amines is 1. The lowest BCUT2D eigenvalue weighted by Crippen LogP contribution is -2.30. The molecule has 1 aliphatic rings. The molecule has 0 unspecified atom stereocenters. The Kier molecular flexibility index (Phi) is 3.11. The quantitative estimate of drug-likeness (QED) is 0.897. The average Bonchev–Trinajstić information content (AvgIpc) is 2.95. The molecule has 1 N–H and O–H groups in total. The lowest BCUT2D eigenvalue weighted by Gasteiger charge is -2.18. The number of amides is 1. The molecule has 1 amide bonds. The van der Waals surface area contributed by atoms with Gasteiger partial charge in [0.1, 0.15) is 11.5 Å². The van der Waals surface area contributed by atoms with Crippen LogP contribution in [0.1, 0.15) is 47.6 Å². The molecule has 0 radical (unpaired) electrons. The summed E-state index contributed by atoms with van der Waals surface area (Å²) in [5.41, 5.74) is 1.58. The number of hydrogen-bond acceptors (Lipinski definition) is 3. The van der Waals surface area contributed by atoms with Crippen LogP contribution in [0.2, 0.25) is 0 Å². The second-order valence-electron chi connectivity index (χ2n) is 4.88. The molecular weight excluding hydrogens is 242 g/mol. The zero-order chi connectivity index (χ0) is 13.2. The van der Waals surface area contributed by atoms with Crippen molar-refractivity contribution in [1.82, 2.24) is 15.1 Å². The molecule has 0 aromatic carbocycles. The predicted molar refractivity (Wildman–Crippen MR) is 69.7 cm³/mol. The van der Waals surface area contributed by atoms with Gasteiger partial charge in [0.2, 0.25) is 0 Å². The minimum absolute atomic E-state index is 0.0537. The molecule has 5 nitrogen and oxygen atoms in total. The molecule has 5 heteroatoms. The molecule has 100 valence electrons. The van der Waals surface area contributed by atoms with E-state index in [0.29, 0.717) is 24.7 Å². The van der Waals surface area contributed by atoms with Gasteiger partial charge < -0.3 is 9.32 Å². The van der Waals surface area contributed by atoms with Gasteiger partial charge in [-0.15, -0.1) is 0 Å². The number of carbonyl (C=O) groups excluding carboxylic acids is 1. The normalized spacial score (nSPS) is 14.6. The summed E-state index contributed by atoms with van der Waals surface area (Å²) in [4.78, 5) is 14.1. The fourth-order valence-corrected chi connectivity index (χ4v) is 2.13. The second-order valence-corrected chi connectivity index (χ2v) is 4.88. The molecule has 0 bridgehead atoms. The molecule has 2 aromatic rings. The number of nitrogens with zero attached hydrogens (tertiary/aromatic N) is 2. The molecule has 1 fully saturated rings. The van der Waals surface area contributed by atoms with E-state index in [-0.39, 0.29) is 5.91 Å². The third-order valence-electron chi connectivity index (χ3n) is 3.43. The van der Waals surface area contributed by atoms with Gasteiger partial charge in [-0.1, -0.05) is 0 Å². The topological polar surface area (TPSA) is 62.1 Å². The van der Waals surface area contributed by atoms with E-state index in [1.165, 1.54) is 12.8 Å². The summed E-state index contributed by atoms with van der Waals surface area (Å²) in [6.45, 7) is 3.06. The first-order valence-electron chi connectivity index (χ1n) is 6.65. The second kappa shape index (κ2) is 4.91. The standard InChI is InChI=1S/C14H17N3O2/c1-2-17(9-11-4-3-7-19-11)14(18)13-8-12(15-16-13)10-5-6-10/h3-4,7-8,10H,2,5-6,9H2,1H3,(H,15,16). The average molecular weight is 259 g/mol. The molecule has 2 aromatic heterocycles. The molecule has 0 saturated heterocycles. The van der Waals surface area contributed by atoms with Crippen molar-refractivity contribution in [3.8, 4) is 0 Å². The highest BCUT2D eigenvalue weighted by Gasteiger charge is 2.27. The van der Waals surface area contributed by atoms with Crippen LogP contribution in [0.5, 0.6) is 0 Å². The van der Waals surface area contributed by atoms with Crippen molar-refractivity contribution in [3.05, 3.63) is 41.6 Å². The Balaban J connectivity index is 1.72. The van der Waals surface area contributed by atoms with E-state index < -0.39 is 0 Å². The minimum atomic E-state index is -0.0537. The largest absolute Gasteiger partial charge is 0.467 e. The Bertz CT molecular complexity index is 555. The number of hydrogen-bond donors (Lipinski definition) is 1. The van der Waals surface area contributed by atoms with Gasteiger partial charge in [0, 0.05) is 18.2 Å². The van der Waals surface area contributed by atoms with Crippen LogP contribution in [0.15, 0.2) is 28.9 Å². The zero-order valence-corrected chi connectivity index (χ0v) is 10.9. The molecular formula is C14H17N3O2. The third kappa shape index (κ3) is 2.54. The monoisotopic (exact) mass is 259 g/mol.